The Labute approximate surface area is 164 Å². The predicted molar refractivity (Wildman–Crippen MR) is 105 cm³/mol. The van der Waals surface area contributed by atoms with Crippen LogP contribution < -0.4 is 5.32 Å². The van der Waals surface area contributed by atoms with Crippen LogP contribution in [0.25, 0.3) is 0 Å². The van der Waals surface area contributed by atoms with Gasteiger partial charge in [0, 0.05) is 19.8 Å². The Morgan fingerprint density at radius 2 is 1.36 bits per heavy atom. The molecule has 6 nitrogen and oxygen atoms in total. The van der Waals surface area contributed by atoms with Crippen LogP contribution >= 0.6 is 0 Å². The lowest BCUT2D eigenvalue weighted by atomic mass is 9.98. The number of hydrogen-bond donors (Lipinski definition) is 3. The number of hydrogen-bond acceptors (Lipinski definition) is 3. The molecule has 1 unspecified atom stereocenters. The minimum Gasteiger partial charge on any atom is -0.481 e. The SMILES string of the molecule is CC(=O)NC(Cc1cccc(CCc2cccc(CCC(=O)O)c2)c1)C(=O)O. The van der Waals surface area contributed by atoms with Gasteiger partial charge in [0.2, 0.25) is 5.91 Å². The first-order valence-corrected chi connectivity index (χ1v) is 9.21. The van der Waals surface area contributed by atoms with Crippen LogP contribution in [-0.2, 0) is 40.1 Å². The lowest BCUT2D eigenvalue weighted by Gasteiger charge is -2.14. The van der Waals surface area contributed by atoms with Gasteiger partial charge in [0.1, 0.15) is 6.04 Å². The number of carbonyl (C=O) groups is 3. The van der Waals surface area contributed by atoms with E-state index in [1.165, 1.54) is 6.92 Å². The average Bonchev–Trinajstić information content (AvgIpc) is 2.64. The van der Waals surface area contributed by atoms with Gasteiger partial charge in [0.25, 0.3) is 0 Å². The van der Waals surface area contributed by atoms with Crippen molar-refractivity contribution in [2.45, 2.75) is 45.1 Å². The normalized spacial score (nSPS) is 11.6. The zero-order valence-electron chi connectivity index (χ0n) is 15.9. The van der Waals surface area contributed by atoms with Crippen molar-refractivity contribution in [3.05, 3.63) is 70.8 Å². The summed E-state index contributed by atoms with van der Waals surface area (Å²) in [5.74, 6) is -2.23. The second-order valence-electron chi connectivity index (χ2n) is 6.83. The number of aryl methyl sites for hydroxylation is 3. The Morgan fingerprint density at radius 1 is 0.857 bits per heavy atom. The van der Waals surface area contributed by atoms with Crippen LogP contribution in [0.2, 0.25) is 0 Å². The van der Waals surface area contributed by atoms with Crippen LogP contribution in [0.3, 0.4) is 0 Å². The molecule has 0 saturated heterocycles. The summed E-state index contributed by atoms with van der Waals surface area (Å²) in [6, 6.07) is 14.7. The molecule has 0 heterocycles. The van der Waals surface area contributed by atoms with Gasteiger partial charge in [-0.1, -0.05) is 48.5 Å². The van der Waals surface area contributed by atoms with Crippen LogP contribution in [0.4, 0.5) is 0 Å². The van der Waals surface area contributed by atoms with Crippen molar-refractivity contribution in [2.75, 3.05) is 0 Å². The second kappa shape index (κ2) is 10.3. The number of rotatable bonds is 10. The molecule has 2 aromatic carbocycles. The van der Waals surface area contributed by atoms with E-state index in [1.54, 1.807) is 0 Å². The van der Waals surface area contributed by atoms with Crippen LogP contribution in [0, 0.1) is 0 Å². The molecule has 3 N–H and O–H groups in total. The summed E-state index contributed by atoms with van der Waals surface area (Å²) in [6.07, 6.45) is 2.45. The predicted octanol–water partition coefficient (Wildman–Crippen LogP) is 2.62. The van der Waals surface area contributed by atoms with E-state index in [4.69, 9.17) is 5.11 Å². The minimum atomic E-state index is -1.06. The molecule has 6 heteroatoms. The largest absolute Gasteiger partial charge is 0.481 e. The Morgan fingerprint density at radius 3 is 1.86 bits per heavy atom. The van der Waals surface area contributed by atoms with Gasteiger partial charge in [-0.25, -0.2) is 4.79 Å². The number of aliphatic carboxylic acids is 2. The van der Waals surface area contributed by atoms with Crippen molar-refractivity contribution < 1.29 is 24.6 Å². The van der Waals surface area contributed by atoms with Crippen molar-refractivity contribution in [1.82, 2.24) is 5.32 Å². The van der Waals surface area contributed by atoms with E-state index in [1.807, 2.05) is 48.5 Å². The van der Waals surface area contributed by atoms with Crippen molar-refractivity contribution in [2.24, 2.45) is 0 Å². The summed E-state index contributed by atoms with van der Waals surface area (Å²) >= 11 is 0. The highest BCUT2D eigenvalue weighted by atomic mass is 16.4. The highest BCUT2D eigenvalue weighted by molar-refractivity contribution is 5.82. The summed E-state index contributed by atoms with van der Waals surface area (Å²) in [6.45, 7) is 1.30. The Hall–Kier alpha value is -3.15. The van der Waals surface area contributed by atoms with E-state index in [0.717, 1.165) is 35.1 Å². The molecule has 0 aliphatic rings. The summed E-state index contributed by atoms with van der Waals surface area (Å²) in [7, 11) is 0. The van der Waals surface area contributed by atoms with Crippen molar-refractivity contribution in [1.29, 1.82) is 0 Å². The third-order valence-corrected chi connectivity index (χ3v) is 4.43. The van der Waals surface area contributed by atoms with Crippen molar-refractivity contribution in [3.63, 3.8) is 0 Å². The maximum Gasteiger partial charge on any atom is 0.326 e. The lowest BCUT2D eigenvalue weighted by molar-refractivity contribution is -0.141. The molecule has 1 amide bonds. The fraction of sp³-hybridized carbons (Fsp3) is 0.318. The van der Waals surface area contributed by atoms with Gasteiger partial charge in [0.05, 0.1) is 0 Å². The Bertz CT molecular complexity index is 846. The van der Waals surface area contributed by atoms with Gasteiger partial charge in [0.15, 0.2) is 0 Å². The third-order valence-electron chi connectivity index (χ3n) is 4.43. The average molecular weight is 383 g/mol. The zero-order valence-corrected chi connectivity index (χ0v) is 15.9. The van der Waals surface area contributed by atoms with E-state index >= 15 is 0 Å². The number of amides is 1. The smallest absolute Gasteiger partial charge is 0.326 e. The minimum absolute atomic E-state index is 0.116. The van der Waals surface area contributed by atoms with E-state index in [2.05, 4.69) is 5.32 Å². The van der Waals surface area contributed by atoms with Crippen LogP contribution in [0.15, 0.2) is 48.5 Å². The number of benzene rings is 2. The molecule has 0 aliphatic heterocycles. The first kappa shape index (κ1) is 21.2. The summed E-state index contributed by atoms with van der Waals surface area (Å²) in [5, 5.41) is 20.5. The molecule has 2 rings (SSSR count). The molecule has 0 aromatic heterocycles. The zero-order chi connectivity index (χ0) is 20.5. The van der Waals surface area contributed by atoms with Gasteiger partial charge >= 0.3 is 11.9 Å². The molecule has 28 heavy (non-hydrogen) atoms. The van der Waals surface area contributed by atoms with E-state index in [-0.39, 0.29) is 18.7 Å². The fourth-order valence-corrected chi connectivity index (χ4v) is 3.07. The summed E-state index contributed by atoms with van der Waals surface area (Å²) < 4.78 is 0. The number of nitrogens with one attached hydrogen (secondary N) is 1. The first-order valence-electron chi connectivity index (χ1n) is 9.21. The highest BCUT2D eigenvalue weighted by Crippen LogP contribution is 2.14. The van der Waals surface area contributed by atoms with Crippen LogP contribution in [-0.4, -0.2) is 34.1 Å². The van der Waals surface area contributed by atoms with Gasteiger partial charge < -0.3 is 15.5 Å². The van der Waals surface area contributed by atoms with Gasteiger partial charge in [-0.3, -0.25) is 9.59 Å². The maximum atomic E-state index is 11.3. The molecule has 0 spiro atoms. The molecule has 2 aromatic rings. The topological polar surface area (TPSA) is 104 Å². The Balaban J connectivity index is 1.99. The summed E-state index contributed by atoms with van der Waals surface area (Å²) in [4.78, 5) is 33.2. The molecule has 148 valence electrons. The molecule has 1 atom stereocenters. The monoisotopic (exact) mass is 383 g/mol. The van der Waals surface area contributed by atoms with E-state index in [9.17, 15) is 19.5 Å². The van der Waals surface area contributed by atoms with Crippen LogP contribution in [0.5, 0.6) is 0 Å². The van der Waals surface area contributed by atoms with Crippen molar-refractivity contribution in [3.8, 4) is 0 Å². The van der Waals surface area contributed by atoms with Gasteiger partial charge in [-0.05, 0) is 41.5 Å². The highest BCUT2D eigenvalue weighted by Gasteiger charge is 2.18. The molecule has 0 saturated carbocycles. The van der Waals surface area contributed by atoms with E-state index < -0.39 is 18.0 Å². The third kappa shape index (κ3) is 7.23. The quantitative estimate of drug-likeness (QED) is 0.585. The second-order valence-corrected chi connectivity index (χ2v) is 6.83. The summed E-state index contributed by atoms with van der Waals surface area (Å²) in [5.41, 5.74) is 4.08. The standard InChI is InChI=1S/C22H25NO5/c1-15(24)23-20(22(27)28)14-19-7-3-6-17(13-19)9-8-16-4-2-5-18(12-16)10-11-21(25)26/h2-7,12-13,20H,8-11,14H2,1H3,(H,23,24)(H,25,26)(H,27,28). The number of carbonyl (C=O) groups excluding carboxylic acids is 1. The van der Waals surface area contributed by atoms with Crippen molar-refractivity contribution >= 4 is 17.8 Å². The number of carboxylic acid groups (broad SMARTS) is 2. The first-order chi connectivity index (χ1) is 13.3. The molecular weight excluding hydrogens is 358 g/mol. The van der Waals surface area contributed by atoms with Gasteiger partial charge in [-0.15, -0.1) is 0 Å². The fourth-order valence-electron chi connectivity index (χ4n) is 3.07. The van der Waals surface area contributed by atoms with Gasteiger partial charge in [-0.2, -0.15) is 0 Å². The van der Waals surface area contributed by atoms with E-state index in [0.29, 0.717) is 6.42 Å². The van der Waals surface area contributed by atoms with Crippen LogP contribution in [0.1, 0.15) is 35.6 Å². The maximum absolute atomic E-state index is 11.3. The molecule has 0 bridgehead atoms. The number of carboxylic acids is 2. The molecule has 0 aliphatic carbocycles. The lowest BCUT2D eigenvalue weighted by Crippen LogP contribution is -2.41. The molecule has 0 radical (unpaired) electrons. The molecule has 0 fully saturated rings. The molecular formula is C22H25NO5. The Kier molecular flexibility index (Phi) is 7.75.